The van der Waals surface area contributed by atoms with Crippen molar-refractivity contribution in [3.63, 3.8) is 0 Å². The van der Waals surface area contributed by atoms with Crippen molar-refractivity contribution in [2.45, 2.75) is 143 Å². The number of unbranched alkanes of at least 4 members (excludes halogenated alkanes) is 2. The number of rotatable bonds is 10. The van der Waals surface area contributed by atoms with Crippen LogP contribution in [0.15, 0.2) is 30.3 Å². The maximum atomic E-state index is 14.3. The monoisotopic (exact) mass is 740 g/mol. The number of fused-ring (bicyclic) bond motifs is 1. The number of carbonyl (C=O) groups excluding carboxylic acids is 6. The Morgan fingerprint density at radius 3 is 2.06 bits per heavy atom. The summed E-state index contributed by atoms with van der Waals surface area (Å²) in [5, 5.41) is 2.92. The summed E-state index contributed by atoms with van der Waals surface area (Å²) in [6.07, 6.45) is 2.51. The standard InChI is InChI=1S/C41H64N4O8/c1-11-13-15-22-32-28(8)36(46)42-33(25(3)4)38(48)43(9)31(24-29-19-16-14-17-20-29)40(50)53-35(26(5)6)39(49)45-23-18-21-30(45)37(47)44(10)34(27(7)12-2)41(51)52-32/h14,16-17,19-20,25-28,30-35H,11-13,15,18,21-24H2,1-10H3,(H,42,46)/t27?,28?,30-,31?,32?,33-,34-,35-/m0/s1. The predicted molar refractivity (Wildman–Crippen MR) is 202 cm³/mol. The minimum absolute atomic E-state index is 0.109. The fraction of sp³-hybridized carbons (Fsp3) is 0.707. The van der Waals surface area contributed by atoms with E-state index in [0.29, 0.717) is 32.1 Å². The average molecular weight is 741 g/mol. The summed E-state index contributed by atoms with van der Waals surface area (Å²) in [6, 6.07) is 5.24. The van der Waals surface area contributed by atoms with Gasteiger partial charge in [-0.05, 0) is 49.0 Å². The Labute approximate surface area is 316 Å². The van der Waals surface area contributed by atoms with Crippen molar-refractivity contribution >= 4 is 35.6 Å². The van der Waals surface area contributed by atoms with Crippen LogP contribution in [0, 0.1) is 23.7 Å². The van der Waals surface area contributed by atoms with Crippen LogP contribution >= 0.6 is 0 Å². The van der Waals surface area contributed by atoms with Gasteiger partial charge in [-0.15, -0.1) is 0 Å². The molecule has 12 heteroatoms. The number of cyclic esters (lactones) is 2. The normalized spacial score (nSPS) is 27.9. The maximum Gasteiger partial charge on any atom is 0.329 e. The molecule has 2 saturated heterocycles. The van der Waals surface area contributed by atoms with E-state index in [0.717, 1.165) is 18.4 Å². The smallest absolute Gasteiger partial charge is 0.329 e. The number of nitrogens with zero attached hydrogens (tertiary/aromatic N) is 3. The van der Waals surface area contributed by atoms with Gasteiger partial charge < -0.3 is 29.5 Å². The second kappa shape index (κ2) is 19.9. The maximum absolute atomic E-state index is 14.3. The molecule has 1 aromatic rings. The van der Waals surface area contributed by atoms with Gasteiger partial charge in [0.2, 0.25) is 17.7 Å². The van der Waals surface area contributed by atoms with Crippen LogP contribution in [0.25, 0.3) is 0 Å². The highest BCUT2D eigenvalue weighted by atomic mass is 16.6. The molecule has 1 aromatic carbocycles. The molecule has 0 aliphatic carbocycles. The zero-order valence-corrected chi connectivity index (χ0v) is 33.6. The number of benzene rings is 1. The van der Waals surface area contributed by atoms with Gasteiger partial charge in [0.25, 0.3) is 5.91 Å². The molecule has 4 amide bonds. The van der Waals surface area contributed by atoms with E-state index in [1.54, 1.807) is 27.8 Å². The molecule has 0 spiro atoms. The van der Waals surface area contributed by atoms with Crippen LogP contribution in [-0.2, 0) is 44.7 Å². The Morgan fingerprint density at radius 2 is 1.47 bits per heavy atom. The SMILES string of the molecule is CCCCCC1OC(=O)[C@H](C(C)CC)N(C)C(=O)[C@@H]2CCCN2C(=O)[C@H](C(C)C)OC(=O)C(Cc2ccccc2)N(C)C(=O)[C@H](C(C)C)NC(=O)C1C. The number of esters is 2. The molecule has 3 rings (SSSR count). The molecule has 2 heterocycles. The molecule has 2 aliphatic rings. The van der Waals surface area contributed by atoms with Gasteiger partial charge in [0, 0.05) is 27.1 Å². The van der Waals surface area contributed by atoms with E-state index in [9.17, 15) is 28.8 Å². The Kier molecular flexibility index (Phi) is 16.3. The zero-order valence-electron chi connectivity index (χ0n) is 33.6. The van der Waals surface area contributed by atoms with Crippen LogP contribution in [0.1, 0.15) is 106 Å². The van der Waals surface area contributed by atoms with Gasteiger partial charge in [0.15, 0.2) is 6.10 Å². The molecule has 0 bridgehead atoms. The van der Waals surface area contributed by atoms with E-state index in [1.165, 1.54) is 21.7 Å². The number of hydrogen-bond acceptors (Lipinski definition) is 8. The first-order valence-electron chi connectivity index (χ1n) is 19.6. The molecule has 4 unspecified atom stereocenters. The van der Waals surface area contributed by atoms with Gasteiger partial charge in [-0.2, -0.15) is 0 Å². The second-order valence-electron chi connectivity index (χ2n) is 15.7. The number of likely N-dealkylation sites (N-methyl/N-ethyl adjacent to an activating group) is 2. The zero-order chi connectivity index (χ0) is 39.6. The summed E-state index contributed by atoms with van der Waals surface area (Å²) in [7, 11) is 3.07. The largest absolute Gasteiger partial charge is 0.460 e. The number of hydrogen-bond donors (Lipinski definition) is 1. The highest BCUT2D eigenvalue weighted by Gasteiger charge is 2.45. The van der Waals surface area contributed by atoms with Gasteiger partial charge in [-0.1, -0.05) is 105 Å². The van der Waals surface area contributed by atoms with Crippen molar-refractivity contribution in [3.8, 4) is 0 Å². The first-order chi connectivity index (χ1) is 25.0. The summed E-state index contributed by atoms with van der Waals surface area (Å²) in [5.41, 5.74) is 0.777. The lowest BCUT2D eigenvalue weighted by atomic mass is 9.94. The molecular formula is C41H64N4O8. The first kappa shape index (κ1) is 43.4. The van der Waals surface area contributed by atoms with Crippen LogP contribution in [0.2, 0.25) is 0 Å². The van der Waals surface area contributed by atoms with Gasteiger partial charge in [0.1, 0.15) is 30.3 Å². The quantitative estimate of drug-likeness (QED) is 0.267. The minimum atomic E-state index is -1.23. The number of amides is 4. The Bertz CT molecular complexity index is 1420. The van der Waals surface area contributed by atoms with Crippen LogP contribution in [0.4, 0.5) is 0 Å². The van der Waals surface area contributed by atoms with Crippen LogP contribution < -0.4 is 5.32 Å². The van der Waals surface area contributed by atoms with Gasteiger partial charge in [-0.25, -0.2) is 9.59 Å². The topological polar surface area (TPSA) is 143 Å². The third kappa shape index (κ3) is 10.8. The Morgan fingerprint density at radius 1 is 0.811 bits per heavy atom. The molecule has 2 aliphatic heterocycles. The summed E-state index contributed by atoms with van der Waals surface area (Å²) >= 11 is 0. The molecule has 0 radical (unpaired) electrons. The van der Waals surface area contributed by atoms with Crippen LogP contribution in [-0.4, -0.2) is 107 Å². The fourth-order valence-electron chi connectivity index (χ4n) is 7.27. The van der Waals surface area contributed by atoms with Crippen molar-refractivity contribution in [1.82, 2.24) is 20.0 Å². The molecular weight excluding hydrogens is 676 g/mol. The highest BCUT2D eigenvalue weighted by molar-refractivity contribution is 5.95. The molecule has 0 saturated carbocycles. The molecule has 53 heavy (non-hydrogen) atoms. The molecule has 1 N–H and O–H groups in total. The van der Waals surface area contributed by atoms with E-state index in [2.05, 4.69) is 12.2 Å². The van der Waals surface area contributed by atoms with Gasteiger partial charge in [-0.3, -0.25) is 19.2 Å². The predicted octanol–water partition coefficient (Wildman–Crippen LogP) is 4.77. The van der Waals surface area contributed by atoms with Crippen LogP contribution in [0.5, 0.6) is 0 Å². The van der Waals surface area contributed by atoms with Crippen molar-refractivity contribution < 1.29 is 38.2 Å². The third-order valence-corrected chi connectivity index (χ3v) is 11.0. The van der Waals surface area contributed by atoms with Crippen LogP contribution in [0.3, 0.4) is 0 Å². The summed E-state index contributed by atoms with van der Waals surface area (Å²) < 4.78 is 12.2. The number of ether oxygens (including phenoxy) is 2. The lowest BCUT2D eigenvalue weighted by molar-refractivity contribution is -0.171. The van der Waals surface area contributed by atoms with Gasteiger partial charge >= 0.3 is 11.9 Å². The molecule has 2 fully saturated rings. The lowest BCUT2D eigenvalue weighted by Crippen LogP contribution is -2.57. The summed E-state index contributed by atoms with van der Waals surface area (Å²) in [6.45, 7) is 15.0. The Balaban J connectivity index is 2.18. The summed E-state index contributed by atoms with van der Waals surface area (Å²) in [4.78, 5) is 89.4. The number of nitrogens with one attached hydrogen (secondary N) is 1. The third-order valence-electron chi connectivity index (χ3n) is 11.0. The Hall–Kier alpha value is -3.96. The highest BCUT2D eigenvalue weighted by Crippen LogP contribution is 2.28. The number of carbonyl (C=O) groups is 6. The second-order valence-corrected chi connectivity index (χ2v) is 15.7. The van der Waals surface area contributed by atoms with Crippen molar-refractivity contribution in [2.75, 3.05) is 20.6 Å². The molecule has 0 aromatic heterocycles. The van der Waals surface area contributed by atoms with Crippen molar-refractivity contribution in [1.29, 1.82) is 0 Å². The molecule has 8 atom stereocenters. The lowest BCUT2D eigenvalue weighted by Gasteiger charge is -2.37. The molecule has 12 nitrogen and oxygen atoms in total. The van der Waals surface area contributed by atoms with Gasteiger partial charge in [0.05, 0.1) is 5.92 Å². The fourth-order valence-corrected chi connectivity index (χ4v) is 7.27. The molecule has 296 valence electrons. The van der Waals surface area contributed by atoms with E-state index >= 15 is 0 Å². The average Bonchev–Trinajstić information content (AvgIpc) is 3.63. The van der Waals surface area contributed by atoms with E-state index in [1.807, 2.05) is 58.0 Å². The van der Waals surface area contributed by atoms with E-state index < -0.39 is 83.8 Å². The minimum Gasteiger partial charge on any atom is -0.460 e. The van der Waals surface area contributed by atoms with Crippen molar-refractivity contribution in [3.05, 3.63) is 35.9 Å². The van der Waals surface area contributed by atoms with Crippen molar-refractivity contribution in [2.24, 2.45) is 23.7 Å². The summed E-state index contributed by atoms with van der Waals surface area (Å²) in [5.74, 6) is -5.16. The van der Waals surface area contributed by atoms with E-state index in [4.69, 9.17) is 9.47 Å². The first-order valence-corrected chi connectivity index (χ1v) is 19.6. The van der Waals surface area contributed by atoms with E-state index in [-0.39, 0.29) is 24.8 Å².